The molecule has 0 atom stereocenters. The highest BCUT2D eigenvalue weighted by Crippen LogP contribution is 2.13. The molecule has 3 nitrogen and oxygen atoms in total. The Kier molecular flexibility index (Phi) is 3.79. The highest BCUT2D eigenvalue weighted by molar-refractivity contribution is 6.00. The van der Waals surface area contributed by atoms with E-state index in [1.807, 2.05) is 7.05 Å². The van der Waals surface area contributed by atoms with Gasteiger partial charge in [0.1, 0.15) is 5.84 Å². The van der Waals surface area contributed by atoms with Crippen LogP contribution in [0.25, 0.3) is 0 Å². The molecule has 1 aromatic rings. The molecule has 0 saturated carbocycles. The average Bonchev–Trinajstić information content (AvgIpc) is 2.35. The first kappa shape index (κ1) is 12.1. The molecule has 1 aliphatic rings. The molecule has 0 radical (unpaired) electrons. The van der Waals surface area contributed by atoms with Crippen molar-refractivity contribution in [1.82, 2.24) is 9.80 Å². The van der Waals surface area contributed by atoms with Crippen LogP contribution in [-0.4, -0.2) is 55.9 Å². The zero-order chi connectivity index (χ0) is 12.3. The van der Waals surface area contributed by atoms with Crippen LogP contribution in [0.15, 0.2) is 29.3 Å². The van der Waals surface area contributed by atoms with Crippen molar-refractivity contribution in [3.05, 3.63) is 35.4 Å². The zero-order valence-electron chi connectivity index (χ0n) is 11.0. The largest absolute Gasteiger partial charge is 0.354 e. The Morgan fingerprint density at radius 3 is 2.35 bits per heavy atom. The summed E-state index contributed by atoms with van der Waals surface area (Å²) < 4.78 is 0. The van der Waals surface area contributed by atoms with Gasteiger partial charge in [0.15, 0.2) is 0 Å². The SMILES string of the molecule is CN=C(c1ccccc1C)N1CCN(C)CC1. The molecule has 0 amide bonds. The lowest BCUT2D eigenvalue weighted by atomic mass is 10.1. The zero-order valence-corrected chi connectivity index (χ0v) is 11.0. The van der Waals surface area contributed by atoms with Gasteiger partial charge in [0.25, 0.3) is 0 Å². The third kappa shape index (κ3) is 2.67. The molecule has 0 spiro atoms. The predicted octanol–water partition coefficient (Wildman–Crippen LogP) is 1.62. The molecule has 0 N–H and O–H groups in total. The Morgan fingerprint density at radius 2 is 1.76 bits per heavy atom. The van der Waals surface area contributed by atoms with E-state index in [1.54, 1.807) is 0 Å². The number of hydrogen-bond donors (Lipinski definition) is 0. The van der Waals surface area contributed by atoms with Gasteiger partial charge in [0, 0.05) is 38.8 Å². The predicted molar refractivity (Wildman–Crippen MR) is 72.7 cm³/mol. The van der Waals surface area contributed by atoms with Crippen LogP contribution in [0, 0.1) is 6.92 Å². The van der Waals surface area contributed by atoms with Crippen LogP contribution in [0.1, 0.15) is 11.1 Å². The first-order valence-electron chi connectivity index (χ1n) is 6.18. The highest BCUT2D eigenvalue weighted by atomic mass is 15.3. The smallest absolute Gasteiger partial charge is 0.130 e. The van der Waals surface area contributed by atoms with Crippen LogP contribution in [0.2, 0.25) is 0 Å². The van der Waals surface area contributed by atoms with Gasteiger partial charge in [0.2, 0.25) is 0 Å². The maximum Gasteiger partial charge on any atom is 0.130 e. The van der Waals surface area contributed by atoms with Crippen molar-refractivity contribution in [1.29, 1.82) is 0 Å². The Balaban J connectivity index is 2.21. The highest BCUT2D eigenvalue weighted by Gasteiger charge is 2.19. The number of aliphatic imine (C=N–C) groups is 1. The van der Waals surface area contributed by atoms with Gasteiger partial charge >= 0.3 is 0 Å². The standard InChI is InChI=1S/C14H21N3/c1-12-6-4-5-7-13(12)14(15-2)17-10-8-16(3)9-11-17/h4-7H,8-11H2,1-3H3. The Labute approximate surface area is 104 Å². The fourth-order valence-corrected chi connectivity index (χ4v) is 2.27. The Hall–Kier alpha value is -1.35. The van der Waals surface area contributed by atoms with Crippen molar-refractivity contribution in [3.8, 4) is 0 Å². The molecular formula is C14H21N3. The number of hydrogen-bond acceptors (Lipinski definition) is 2. The summed E-state index contributed by atoms with van der Waals surface area (Å²) in [4.78, 5) is 9.25. The fraction of sp³-hybridized carbons (Fsp3) is 0.500. The second kappa shape index (κ2) is 5.32. The maximum atomic E-state index is 4.49. The van der Waals surface area contributed by atoms with Crippen molar-refractivity contribution in [2.75, 3.05) is 40.3 Å². The first-order chi connectivity index (χ1) is 8.22. The summed E-state index contributed by atoms with van der Waals surface area (Å²) in [6.07, 6.45) is 0. The summed E-state index contributed by atoms with van der Waals surface area (Å²) in [5.41, 5.74) is 2.56. The summed E-state index contributed by atoms with van der Waals surface area (Å²) in [5, 5.41) is 0. The molecule has 92 valence electrons. The van der Waals surface area contributed by atoms with Gasteiger partial charge in [-0.2, -0.15) is 0 Å². The Bertz CT molecular complexity index is 404. The second-order valence-corrected chi connectivity index (χ2v) is 4.65. The van der Waals surface area contributed by atoms with Gasteiger partial charge in [0.05, 0.1) is 0 Å². The third-order valence-electron chi connectivity index (χ3n) is 3.40. The molecule has 3 heteroatoms. The van der Waals surface area contributed by atoms with Crippen molar-refractivity contribution in [3.63, 3.8) is 0 Å². The van der Waals surface area contributed by atoms with E-state index in [4.69, 9.17) is 0 Å². The molecule has 0 aromatic heterocycles. The number of rotatable bonds is 1. The van der Waals surface area contributed by atoms with E-state index in [1.165, 1.54) is 11.1 Å². The van der Waals surface area contributed by atoms with E-state index in [-0.39, 0.29) is 0 Å². The van der Waals surface area contributed by atoms with Crippen molar-refractivity contribution < 1.29 is 0 Å². The summed E-state index contributed by atoms with van der Waals surface area (Å²) in [6, 6.07) is 8.48. The lowest BCUT2D eigenvalue weighted by molar-refractivity contribution is 0.215. The summed E-state index contributed by atoms with van der Waals surface area (Å²) >= 11 is 0. The minimum atomic E-state index is 1.07. The number of nitrogens with zero attached hydrogens (tertiary/aromatic N) is 3. The number of amidine groups is 1. The van der Waals surface area contributed by atoms with Crippen LogP contribution >= 0.6 is 0 Å². The number of aryl methyl sites for hydroxylation is 1. The van der Waals surface area contributed by atoms with E-state index in [9.17, 15) is 0 Å². The minimum Gasteiger partial charge on any atom is -0.354 e. The van der Waals surface area contributed by atoms with E-state index in [0.29, 0.717) is 0 Å². The summed E-state index contributed by atoms with van der Waals surface area (Å²) in [5.74, 6) is 1.14. The lowest BCUT2D eigenvalue weighted by Gasteiger charge is -2.35. The minimum absolute atomic E-state index is 1.07. The summed E-state index contributed by atoms with van der Waals surface area (Å²) in [7, 11) is 4.06. The van der Waals surface area contributed by atoms with Gasteiger partial charge in [-0.15, -0.1) is 0 Å². The van der Waals surface area contributed by atoms with Gasteiger partial charge < -0.3 is 9.80 Å². The fourth-order valence-electron chi connectivity index (χ4n) is 2.27. The van der Waals surface area contributed by atoms with Crippen LogP contribution in [0.3, 0.4) is 0 Å². The van der Waals surface area contributed by atoms with E-state index < -0.39 is 0 Å². The van der Waals surface area contributed by atoms with Crippen LogP contribution < -0.4 is 0 Å². The third-order valence-corrected chi connectivity index (χ3v) is 3.40. The summed E-state index contributed by atoms with van der Waals surface area (Å²) in [6.45, 7) is 6.52. The normalized spacial score (nSPS) is 18.5. The van der Waals surface area contributed by atoms with Crippen molar-refractivity contribution in [2.24, 2.45) is 4.99 Å². The molecule has 2 rings (SSSR count). The number of benzene rings is 1. The first-order valence-corrected chi connectivity index (χ1v) is 6.18. The quantitative estimate of drug-likeness (QED) is 0.540. The number of piperazine rings is 1. The van der Waals surface area contributed by atoms with Gasteiger partial charge in [-0.1, -0.05) is 24.3 Å². The monoisotopic (exact) mass is 231 g/mol. The van der Waals surface area contributed by atoms with Crippen molar-refractivity contribution >= 4 is 5.84 Å². The van der Waals surface area contributed by atoms with E-state index in [0.717, 1.165) is 32.0 Å². The molecule has 1 saturated heterocycles. The van der Waals surface area contributed by atoms with Crippen LogP contribution in [-0.2, 0) is 0 Å². The number of likely N-dealkylation sites (N-methyl/N-ethyl adjacent to an activating group) is 1. The van der Waals surface area contributed by atoms with E-state index in [2.05, 4.69) is 53.0 Å². The molecule has 1 heterocycles. The molecule has 1 aromatic carbocycles. The van der Waals surface area contributed by atoms with Gasteiger partial charge in [-0.25, -0.2) is 0 Å². The van der Waals surface area contributed by atoms with Crippen LogP contribution in [0.5, 0.6) is 0 Å². The molecular weight excluding hydrogens is 210 g/mol. The van der Waals surface area contributed by atoms with Crippen molar-refractivity contribution in [2.45, 2.75) is 6.92 Å². The van der Waals surface area contributed by atoms with Crippen LogP contribution in [0.4, 0.5) is 0 Å². The second-order valence-electron chi connectivity index (χ2n) is 4.65. The molecule has 0 unspecified atom stereocenters. The molecule has 1 fully saturated rings. The van der Waals surface area contributed by atoms with Gasteiger partial charge in [-0.05, 0) is 19.5 Å². The Morgan fingerprint density at radius 1 is 1.12 bits per heavy atom. The topological polar surface area (TPSA) is 18.8 Å². The average molecular weight is 231 g/mol. The van der Waals surface area contributed by atoms with E-state index >= 15 is 0 Å². The molecule has 17 heavy (non-hydrogen) atoms. The van der Waals surface area contributed by atoms with Gasteiger partial charge in [-0.3, -0.25) is 4.99 Å². The molecule has 0 bridgehead atoms. The maximum absolute atomic E-state index is 4.49. The lowest BCUT2D eigenvalue weighted by Crippen LogP contribution is -2.47. The molecule has 0 aliphatic carbocycles. The molecule has 1 aliphatic heterocycles.